The molecule has 0 unspecified atom stereocenters. The summed E-state index contributed by atoms with van der Waals surface area (Å²) in [5.74, 6) is 2.22. The Kier molecular flexibility index (Phi) is 1.80. The summed E-state index contributed by atoms with van der Waals surface area (Å²) in [7, 11) is 0. The Bertz CT molecular complexity index is 632. The van der Waals surface area contributed by atoms with Gasteiger partial charge in [-0.15, -0.1) is 10.2 Å². The quantitative estimate of drug-likeness (QED) is 0.669. The number of aromatic amines is 1. The molecular formula is C11H11N5. The molecule has 1 aromatic carbocycles. The number of aromatic nitrogens is 5. The van der Waals surface area contributed by atoms with Gasteiger partial charge in [0.2, 0.25) is 0 Å². The van der Waals surface area contributed by atoms with Crippen LogP contribution in [-0.4, -0.2) is 24.8 Å². The molecule has 0 atom stereocenters. The van der Waals surface area contributed by atoms with Gasteiger partial charge in [-0.05, 0) is 13.8 Å². The zero-order valence-corrected chi connectivity index (χ0v) is 9.10. The Morgan fingerprint density at radius 1 is 1.06 bits per heavy atom. The molecule has 0 aliphatic heterocycles. The van der Waals surface area contributed by atoms with Crippen LogP contribution in [0, 0.1) is 13.8 Å². The zero-order valence-electron chi connectivity index (χ0n) is 9.10. The minimum Gasteiger partial charge on any atom is -0.272 e. The first-order chi connectivity index (χ1) is 7.74. The fourth-order valence-electron chi connectivity index (χ4n) is 1.63. The van der Waals surface area contributed by atoms with Gasteiger partial charge in [-0.1, -0.05) is 29.8 Å². The van der Waals surface area contributed by atoms with E-state index < -0.39 is 0 Å². The molecule has 0 spiro atoms. The van der Waals surface area contributed by atoms with Gasteiger partial charge < -0.3 is 0 Å². The summed E-state index contributed by atoms with van der Waals surface area (Å²) in [5, 5.41) is 11.0. The molecule has 0 aliphatic carbocycles. The molecule has 5 heteroatoms. The van der Waals surface area contributed by atoms with E-state index in [0.717, 1.165) is 17.2 Å². The number of aryl methyl sites for hydroxylation is 2. The second-order valence-corrected chi connectivity index (χ2v) is 3.82. The van der Waals surface area contributed by atoms with Crippen LogP contribution in [0.2, 0.25) is 0 Å². The van der Waals surface area contributed by atoms with Crippen molar-refractivity contribution < 1.29 is 0 Å². The van der Waals surface area contributed by atoms with Crippen LogP contribution in [0.25, 0.3) is 17.2 Å². The highest BCUT2D eigenvalue weighted by Gasteiger charge is 2.08. The molecule has 0 saturated heterocycles. The van der Waals surface area contributed by atoms with Crippen molar-refractivity contribution in [1.82, 2.24) is 24.8 Å². The van der Waals surface area contributed by atoms with E-state index in [1.807, 2.05) is 19.1 Å². The first-order valence-corrected chi connectivity index (χ1v) is 5.09. The normalized spacial score (nSPS) is 11.1. The minimum absolute atomic E-state index is 0.605. The van der Waals surface area contributed by atoms with Crippen molar-refractivity contribution >= 4 is 5.78 Å². The molecular weight excluding hydrogens is 202 g/mol. The van der Waals surface area contributed by atoms with Crippen LogP contribution in [-0.2, 0) is 0 Å². The average molecular weight is 213 g/mol. The molecule has 0 aliphatic rings. The molecule has 2 heterocycles. The number of hydrogen-bond donors (Lipinski definition) is 1. The van der Waals surface area contributed by atoms with Crippen molar-refractivity contribution in [2.24, 2.45) is 0 Å². The van der Waals surface area contributed by atoms with Crippen LogP contribution < -0.4 is 0 Å². The average Bonchev–Trinajstić information content (AvgIpc) is 2.83. The van der Waals surface area contributed by atoms with E-state index in [4.69, 9.17) is 0 Å². The van der Waals surface area contributed by atoms with Gasteiger partial charge in [0.1, 0.15) is 0 Å². The van der Waals surface area contributed by atoms with Crippen molar-refractivity contribution in [3.63, 3.8) is 0 Å². The lowest BCUT2D eigenvalue weighted by Gasteiger charge is -1.96. The summed E-state index contributed by atoms with van der Waals surface area (Å²) in [6.07, 6.45) is 0. The Hall–Kier alpha value is -2.17. The molecule has 3 aromatic rings. The molecule has 0 fully saturated rings. The third kappa shape index (κ3) is 1.29. The van der Waals surface area contributed by atoms with Gasteiger partial charge in [-0.3, -0.25) is 5.10 Å². The standard InChI is InChI=1S/C11H11N5/c1-7-3-5-9(6-4-7)10-12-11-14-13-8(2)16(11)15-10/h3-6H,1-2H3,(H,12,14,15). The van der Waals surface area contributed by atoms with E-state index in [0.29, 0.717) is 5.78 Å². The Morgan fingerprint density at radius 3 is 2.50 bits per heavy atom. The maximum Gasteiger partial charge on any atom is 0.272 e. The minimum atomic E-state index is 0.605. The summed E-state index contributed by atoms with van der Waals surface area (Å²) < 4.78 is 1.77. The van der Waals surface area contributed by atoms with Gasteiger partial charge in [-0.25, -0.2) is 4.52 Å². The third-order valence-electron chi connectivity index (χ3n) is 2.56. The maximum absolute atomic E-state index is 4.37. The molecule has 0 amide bonds. The Balaban J connectivity index is 2.15. The van der Waals surface area contributed by atoms with E-state index in [2.05, 4.69) is 39.3 Å². The van der Waals surface area contributed by atoms with Crippen molar-refractivity contribution in [2.75, 3.05) is 0 Å². The van der Waals surface area contributed by atoms with E-state index in [9.17, 15) is 0 Å². The number of H-pyrrole nitrogens is 1. The highest BCUT2D eigenvalue weighted by molar-refractivity contribution is 5.57. The van der Waals surface area contributed by atoms with E-state index in [1.165, 1.54) is 5.56 Å². The maximum atomic E-state index is 4.37. The zero-order chi connectivity index (χ0) is 11.1. The number of hydrogen-bond acceptors (Lipinski definition) is 3. The van der Waals surface area contributed by atoms with Crippen molar-refractivity contribution in [2.45, 2.75) is 13.8 Å². The SMILES string of the molecule is Cc1ccc(-c2nc3nnc(C)n3[nH]2)cc1. The highest BCUT2D eigenvalue weighted by atomic mass is 15.4. The van der Waals surface area contributed by atoms with Crippen LogP contribution in [0.5, 0.6) is 0 Å². The van der Waals surface area contributed by atoms with Gasteiger partial charge in [0, 0.05) is 5.56 Å². The first kappa shape index (κ1) is 9.08. The van der Waals surface area contributed by atoms with Gasteiger partial charge in [0.15, 0.2) is 11.6 Å². The Morgan fingerprint density at radius 2 is 1.81 bits per heavy atom. The summed E-state index contributed by atoms with van der Waals surface area (Å²) in [4.78, 5) is 4.37. The fourth-order valence-corrected chi connectivity index (χ4v) is 1.63. The van der Waals surface area contributed by atoms with Crippen molar-refractivity contribution in [3.05, 3.63) is 35.7 Å². The van der Waals surface area contributed by atoms with Crippen LogP contribution in [0.15, 0.2) is 24.3 Å². The number of rotatable bonds is 1. The number of fused-ring (bicyclic) bond motifs is 1. The lowest BCUT2D eigenvalue weighted by Crippen LogP contribution is -1.88. The molecule has 80 valence electrons. The fraction of sp³-hybridized carbons (Fsp3) is 0.182. The second-order valence-electron chi connectivity index (χ2n) is 3.82. The highest BCUT2D eigenvalue weighted by Crippen LogP contribution is 2.16. The smallest absolute Gasteiger partial charge is 0.272 e. The monoisotopic (exact) mass is 213 g/mol. The molecule has 5 nitrogen and oxygen atoms in total. The predicted octanol–water partition coefficient (Wildman–Crippen LogP) is 1.74. The van der Waals surface area contributed by atoms with Crippen LogP contribution in [0.4, 0.5) is 0 Å². The van der Waals surface area contributed by atoms with Gasteiger partial charge in [0.25, 0.3) is 5.78 Å². The van der Waals surface area contributed by atoms with Crippen LogP contribution in [0.3, 0.4) is 0 Å². The number of benzene rings is 1. The number of nitrogens with one attached hydrogen (secondary N) is 1. The molecule has 16 heavy (non-hydrogen) atoms. The summed E-state index contributed by atoms with van der Waals surface area (Å²) in [5.41, 5.74) is 2.29. The Labute approximate surface area is 92.1 Å². The molecule has 0 saturated carbocycles. The molecule has 2 aromatic heterocycles. The summed E-state index contributed by atoms with van der Waals surface area (Å²) in [6.45, 7) is 3.95. The third-order valence-corrected chi connectivity index (χ3v) is 2.56. The van der Waals surface area contributed by atoms with E-state index in [1.54, 1.807) is 4.52 Å². The lowest BCUT2D eigenvalue weighted by atomic mass is 10.1. The lowest BCUT2D eigenvalue weighted by molar-refractivity contribution is 0.896. The van der Waals surface area contributed by atoms with E-state index in [-0.39, 0.29) is 0 Å². The first-order valence-electron chi connectivity index (χ1n) is 5.09. The van der Waals surface area contributed by atoms with Crippen molar-refractivity contribution in [1.29, 1.82) is 0 Å². The molecule has 3 rings (SSSR count). The van der Waals surface area contributed by atoms with Crippen LogP contribution in [0.1, 0.15) is 11.4 Å². The molecule has 0 bridgehead atoms. The van der Waals surface area contributed by atoms with Crippen LogP contribution >= 0.6 is 0 Å². The predicted molar refractivity (Wildman–Crippen MR) is 60.0 cm³/mol. The van der Waals surface area contributed by atoms with Gasteiger partial charge in [0.05, 0.1) is 0 Å². The molecule has 0 radical (unpaired) electrons. The van der Waals surface area contributed by atoms with E-state index >= 15 is 0 Å². The molecule has 1 N–H and O–H groups in total. The topological polar surface area (TPSA) is 58.9 Å². The largest absolute Gasteiger partial charge is 0.272 e. The second kappa shape index (κ2) is 3.16. The number of nitrogens with zero attached hydrogens (tertiary/aromatic N) is 4. The van der Waals surface area contributed by atoms with Gasteiger partial charge >= 0.3 is 0 Å². The van der Waals surface area contributed by atoms with Crippen molar-refractivity contribution in [3.8, 4) is 11.4 Å². The summed E-state index contributed by atoms with van der Waals surface area (Å²) >= 11 is 0. The van der Waals surface area contributed by atoms with Gasteiger partial charge in [-0.2, -0.15) is 4.98 Å². The summed E-state index contributed by atoms with van der Waals surface area (Å²) in [6, 6.07) is 8.20.